The highest BCUT2D eigenvalue weighted by molar-refractivity contribution is 6.29. The highest BCUT2D eigenvalue weighted by Gasteiger charge is 2.23. The molecule has 0 atom stereocenters. The zero-order valence-electron chi connectivity index (χ0n) is 16.7. The number of amides is 1. The van der Waals surface area contributed by atoms with Crippen molar-refractivity contribution in [2.75, 3.05) is 24.1 Å². The van der Waals surface area contributed by atoms with Crippen LogP contribution < -0.4 is 9.64 Å². The van der Waals surface area contributed by atoms with Gasteiger partial charge in [0.05, 0.1) is 18.0 Å². The van der Waals surface area contributed by atoms with Crippen LogP contribution in [0.15, 0.2) is 17.3 Å². The molecule has 2 rings (SSSR count). The Bertz CT molecular complexity index is 653. The molecular formula is C21H31ClN2O3. The second-order valence-electron chi connectivity index (χ2n) is 6.62. The van der Waals surface area contributed by atoms with E-state index in [-0.39, 0.29) is 18.5 Å². The van der Waals surface area contributed by atoms with Crippen molar-refractivity contribution in [3.63, 3.8) is 0 Å². The number of benzene rings is 1. The van der Waals surface area contributed by atoms with E-state index in [4.69, 9.17) is 21.2 Å². The first-order chi connectivity index (χ1) is 13.2. The second kappa shape index (κ2) is 11.2. The van der Waals surface area contributed by atoms with Crippen LogP contribution in [-0.2, 0) is 22.5 Å². The minimum absolute atomic E-state index is 0.0602. The Hall–Kier alpha value is -1.75. The Balaban J connectivity index is 2.33. The molecule has 1 saturated carbocycles. The van der Waals surface area contributed by atoms with Crippen molar-refractivity contribution in [3.8, 4) is 5.75 Å². The normalized spacial score (nSPS) is 14.0. The third kappa shape index (κ3) is 5.61. The van der Waals surface area contributed by atoms with E-state index in [1.165, 1.54) is 6.42 Å². The van der Waals surface area contributed by atoms with E-state index in [9.17, 15) is 4.79 Å². The number of hydrogen-bond donors (Lipinski definition) is 0. The number of halogens is 1. The molecule has 0 saturated heterocycles. The molecule has 6 heteroatoms. The van der Waals surface area contributed by atoms with E-state index >= 15 is 0 Å². The number of alkyl halides is 1. The van der Waals surface area contributed by atoms with Crippen LogP contribution in [0.5, 0.6) is 5.75 Å². The van der Waals surface area contributed by atoms with E-state index in [1.807, 2.05) is 19.1 Å². The SMILES string of the molecule is CCOc1ccc(CC)c(N(CON=C2CCCCC2)C(=O)CCl)c1CC. The third-order valence-corrected chi connectivity index (χ3v) is 5.08. The lowest BCUT2D eigenvalue weighted by Crippen LogP contribution is -2.35. The molecule has 1 aromatic rings. The van der Waals surface area contributed by atoms with Gasteiger partial charge in [-0.1, -0.05) is 31.5 Å². The summed E-state index contributed by atoms with van der Waals surface area (Å²) in [5, 5.41) is 4.28. The van der Waals surface area contributed by atoms with E-state index in [2.05, 4.69) is 19.0 Å². The molecule has 0 aliphatic heterocycles. The maximum atomic E-state index is 12.6. The molecule has 1 aliphatic carbocycles. The maximum Gasteiger partial charge on any atom is 0.244 e. The Morgan fingerprint density at radius 1 is 1.15 bits per heavy atom. The summed E-state index contributed by atoms with van der Waals surface area (Å²) in [7, 11) is 0. The molecule has 0 radical (unpaired) electrons. The smallest absolute Gasteiger partial charge is 0.244 e. The summed E-state index contributed by atoms with van der Waals surface area (Å²) < 4.78 is 5.79. The molecule has 0 heterocycles. The fourth-order valence-electron chi connectivity index (χ4n) is 3.48. The second-order valence-corrected chi connectivity index (χ2v) is 6.89. The van der Waals surface area contributed by atoms with Gasteiger partial charge in [-0.2, -0.15) is 0 Å². The number of carbonyl (C=O) groups excluding carboxylic acids is 1. The predicted octanol–water partition coefficient (Wildman–Crippen LogP) is 5.08. The lowest BCUT2D eigenvalue weighted by molar-refractivity contribution is -0.117. The van der Waals surface area contributed by atoms with Crippen LogP contribution in [0.25, 0.3) is 0 Å². The molecule has 27 heavy (non-hydrogen) atoms. The van der Waals surface area contributed by atoms with E-state index in [0.717, 1.165) is 66.8 Å². The summed E-state index contributed by atoms with van der Waals surface area (Å²) >= 11 is 5.90. The van der Waals surface area contributed by atoms with Crippen molar-refractivity contribution < 1.29 is 14.4 Å². The standard InChI is InChI=1S/C21H31ClN2O3/c1-4-16-12-13-19(26-6-3)18(5-2)21(16)24(20(25)14-22)15-27-23-17-10-8-7-9-11-17/h12-13H,4-11,14-15H2,1-3H3. The van der Waals surface area contributed by atoms with Crippen LogP contribution in [0.3, 0.4) is 0 Å². The third-order valence-electron chi connectivity index (χ3n) is 4.85. The fraction of sp³-hybridized carbons (Fsp3) is 0.619. The van der Waals surface area contributed by atoms with Crippen LogP contribution in [0.4, 0.5) is 5.69 Å². The zero-order valence-corrected chi connectivity index (χ0v) is 17.5. The van der Waals surface area contributed by atoms with Crippen molar-refractivity contribution in [2.45, 2.75) is 65.7 Å². The highest BCUT2D eigenvalue weighted by atomic mass is 35.5. The van der Waals surface area contributed by atoms with Gasteiger partial charge in [0, 0.05) is 5.56 Å². The summed E-state index contributed by atoms with van der Waals surface area (Å²) in [4.78, 5) is 19.8. The van der Waals surface area contributed by atoms with Gasteiger partial charge in [0.15, 0.2) is 6.73 Å². The van der Waals surface area contributed by atoms with E-state index < -0.39 is 0 Å². The lowest BCUT2D eigenvalue weighted by atomic mass is 9.99. The minimum atomic E-state index is -0.196. The van der Waals surface area contributed by atoms with Crippen molar-refractivity contribution in [1.82, 2.24) is 0 Å². The van der Waals surface area contributed by atoms with Gasteiger partial charge in [0.1, 0.15) is 11.6 Å². The topological polar surface area (TPSA) is 51.1 Å². The Kier molecular flexibility index (Phi) is 8.92. The minimum Gasteiger partial charge on any atom is -0.494 e. The Morgan fingerprint density at radius 2 is 1.89 bits per heavy atom. The number of carbonyl (C=O) groups is 1. The molecule has 0 N–H and O–H groups in total. The van der Waals surface area contributed by atoms with Gasteiger partial charge >= 0.3 is 0 Å². The maximum absolute atomic E-state index is 12.6. The van der Waals surface area contributed by atoms with Gasteiger partial charge in [0.25, 0.3) is 0 Å². The molecule has 0 bridgehead atoms. The number of nitrogens with zero attached hydrogens (tertiary/aromatic N) is 2. The van der Waals surface area contributed by atoms with E-state index in [0.29, 0.717) is 6.61 Å². The van der Waals surface area contributed by atoms with Gasteiger partial charge in [-0.25, -0.2) is 0 Å². The quantitative estimate of drug-likeness (QED) is 0.333. The van der Waals surface area contributed by atoms with Crippen LogP contribution >= 0.6 is 11.6 Å². The number of anilines is 1. The first-order valence-electron chi connectivity index (χ1n) is 9.97. The summed E-state index contributed by atoms with van der Waals surface area (Å²) in [5.74, 6) is 0.502. The van der Waals surface area contributed by atoms with Gasteiger partial charge in [-0.3, -0.25) is 9.69 Å². The van der Waals surface area contributed by atoms with Crippen LogP contribution in [0.1, 0.15) is 64.0 Å². The number of hydrogen-bond acceptors (Lipinski definition) is 4. The molecule has 5 nitrogen and oxygen atoms in total. The molecule has 1 amide bonds. The molecule has 150 valence electrons. The molecule has 0 spiro atoms. The summed E-state index contributed by atoms with van der Waals surface area (Å²) in [6.07, 6.45) is 7.06. The average molecular weight is 395 g/mol. The monoisotopic (exact) mass is 394 g/mol. The Labute approximate surface area is 167 Å². The number of rotatable bonds is 9. The fourth-order valence-corrected chi connectivity index (χ4v) is 3.63. The summed E-state index contributed by atoms with van der Waals surface area (Å²) in [6, 6.07) is 4.00. The van der Waals surface area contributed by atoms with Crippen LogP contribution in [0, 0.1) is 0 Å². The predicted molar refractivity (Wildman–Crippen MR) is 111 cm³/mol. The molecule has 1 aliphatic rings. The number of ether oxygens (including phenoxy) is 1. The van der Waals surface area contributed by atoms with Gasteiger partial charge in [-0.05, 0) is 57.1 Å². The van der Waals surface area contributed by atoms with Gasteiger partial charge in [0.2, 0.25) is 5.91 Å². The largest absolute Gasteiger partial charge is 0.494 e. The molecule has 0 unspecified atom stereocenters. The van der Waals surface area contributed by atoms with Gasteiger partial charge in [-0.15, -0.1) is 11.6 Å². The summed E-state index contributed by atoms with van der Waals surface area (Å²) in [5.41, 5.74) is 4.00. The van der Waals surface area contributed by atoms with Crippen molar-refractivity contribution in [1.29, 1.82) is 0 Å². The van der Waals surface area contributed by atoms with Crippen LogP contribution in [0.2, 0.25) is 0 Å². The van der Waals surface area contributed by atoms with Crippen molar-refractivity contribution in [3.05, 3.63) is 23.3 Å². The van der Waals surface area contributed by atoms with Gasteiger partial charge < -0.3 is 9.57 Å². The van der Waals surface area contributed by atoms with Crippen LogP contribution in [-0.4, -0.2) is 30.8 Å². The molecule has 1 aromatic carbocycles. The lowest BCUT2D eigenvalue weighted by Gasteiger charge is -2.27. The number of aryl methyl sites for hydroxylation is 1. The van der Waals surface area contributed by atoms with Crippen molar-refractivity contribution in [2.24, 2.45) is 5.16 Å². The Morgan fingerprint density at radius 3 is 2.48 bits per heavy atom. The summed E-state index contributed by atoms with van der Waals surface area (Å²) in [6.45, 7) is 6.73. The average Bonchev–Trinajstić information content (AvgIpc) is 2.71. The first kappa shape index (κ1) is 21.5. The molecule has 1 fully saturated rings. The van der Waals surface area contributed by atoms with Crippen molar-refractivity contribution >= 4 is 28.9 Å². The zero-order chi connectivity index (χ0) is 19.6. The van der Waals surface area contributed by atoms with E-state index in [1.54, 1.807) is 4.90 Å². The highest BCUT2D eigenvalue weighted by Crippen LogP contribution is 2.34. The first-order valence-corrected chi connectivity index (χ1v) is 10.5. The molecule has 0 aromatic heterocycles. The number of oxime groups is 1. The molecular weight excluding hydrogens is 364 g/mol.